The van der Waals surface area contributed by atoms with Gasteiger partial charge in [-0.05, 0) is 73.4 Å². The van der Waals surface area contributed by atoms with Crippen LogP contribution in [0.3, 0.4) is 0 Å². The molecule has 0 saturated heterocycles. The topological polar surface area (TPSA) is 73.4 Å². The maximum Gasteiger partial charge on any atom is 0.217 e. The predicted octanol–water partition coefficient (Wildman–Crippen LogP) is 4.75. The quantitative estimate of drug-likeness (QED) is 0.450. The second-order valence-corrected chi connectivity index (χ2v) is 11.5. The minimum atomic E-state index is -0.827. The Bertz CT molecular complexity index is 999. The molecule has 2 aromatic rings. The van der Waals surface area contributed by atoms with Gasteiger partial charge in [0, 0.05) is 30.7 Å². The number of halogens is 1. The first-order chi connectivity index (χ1) is 15.8. The standard InChI is InChI=1S/C28H40FN3O2/c1-18(33)31-24(14-19-8-7-9-21(29)12-19)26(34)17-30-25-16-28(5,6)32-23-11-10-20(13-22(23)25)15-27(2,3)4/h7-13,24-26,30,32,34H,14-17H2,1-6H3,(H,31,33)/t24-,25?,26+/m0/s1. The number of hydrogen-bond donors (Lipinski definition) is 4. The molecule has 1 aliphatic heterocycles. The Morgan fingerprint density at radius 3 is 2.59 bits per heavy atom. The molecule has 0 radical (unpaired) electrons. The summed E-state index contributed by atoms with van der Waals surface area (Å²) in [7, 11) is 0. The smallest absolute Gasteiger partial charge is 0.217 e. The maximum absolute atomic E-state index is 13.7. The molecular weight excluding hydrogens is 429 g/mol. The zero-order valence-electron chi connectivity index (χ0n) is 21.3. The van der Waals surface area contributed by atoms with Gasteiger partial charge in [-0.15, -0.1) is 0 Å². The van der Waals surface area contributed by atoms with E-state index in [1.807, 2.05) is 0 Å². The van der Waals surface area contributed by atoms with Gasteiger partial charge in [0.2, 0.25) is 5.91 Å². The van der Waals surface area contributed by atoms with Gasteiger partial charge < -0.3 is 21.1 Å². The first-order valence-corrected chi connectivity index (χ1v) is 12.2. The fourth-order valence-corrected chi connectivity index (χ4v) is 4.82. The summed E-state index contributed by atoms with van der Waals surface area (Å²) in [4.78, 5) is 11.8. The zero-order valence-corrected chi connectivity index (χ0v) is 21.3. The number of aliphatic hydroxyl groups excluding tert-OH is 1. The summed E-state index contributed by atoms with van der Waals surface area (Å²) in [6.07, 6.45) is 1.37. The van der Waals surface area contributed by atoms with Crippen molar-refractivity contribution >= 4 is 11.6 Å². The SMILES string of the molecule is CC(=O)N[C@@H](Cc1cccc(F)c1)[C@H](O)CNC1CC(C)(C)Nc2ccc(CC(C)(C)C)cc21. The third-order valence-corrected chi connectivity index (χ3v) is 6.18. The van der Waals surface area contributed by atoms with Crippen LogP contribution in [0.1, 0.15) is 70.7 Å². The average molecular weight is 470 g/mol. The first-order valence-electron chi connectivity index (χ1n) is 12.2. The lowest BCUT2D eigenvalue weighted by Gasteiger charge is -2.40. The van der Waals surface area contributed by atoms with Crippen molar-refractivity contribution in [3.05, 3.63) is 65.0 Å². The second-order valence-electron chi connectivity index (χ2n) is 11.5. The zero-order chi connectivity index (χ0) is 25.1. The van der Waals surface area contributed by atoms with Gasteiger partial charge in [0.05, 0.1) is 12.1 Å². The number of nitrogens with one attached hydrogen (secondary N) is 3. The molecule has 1 amide bonds. The van der Waals surface area contributed by atoms with E-state index in [9.17, 15) is 14.3 Å². The molecule has 1 heterocycles. The number of carbonyl (C=O) groups excluding carboxylic acids is 1. The van der Waals surface area contributed by atoms with E-state index in [2.05, 4.69) is 68.8 Å². The molecule has 2 aromatic carbocycles. The number of benzene rings is 2. The van der Waals surface area contributed by atoms with Gasteiger partial charge in [-0.3, -0.25) is 4.79 Å². The average Bonchev–Trinajstić information content (AvgIpc) is 2.69. The van der Waals surface area contributed by atoms with E-state index < -0.39 is 12.1 Å². The Hall–Kier alpha value is -2.44. The van der Waals surface area contributed by atoms with E-state index in [0.717, 1.165) is 24.1 Å². The van der Waals surface area contributed by atoms with Crippen LogP contribution in [0.5, 0.6) is 0 Å². The lowest BCUT2D eigenvalue weighted by molar-refractivity contribution is -0.120. The summed E-state index contributed by atoms with van der Waals surface area (Å²) in [5.41, 5.74) is 4.44. The maximum atomic E-state index is 13.7. The Morgan fingerprint density at radius 1 is 1.21 bits per heavy atom. The highest BCUT2D eigenvalue weighted by Gasteiger charge is 2.33. The monoisotopic (exact) mass is 469 g/mol. The molecule has 6 heteroatoms. The highest BCUT2D eigenvalue weighted by molar-refractivity contribution is 5.73. The Kier molecular flexibility index (Phi) is 8.04. The van der Waals surface area contributed by atoms with Gasteiger partial charge in [-0.25, -0.2) is 4.39 Å². The highest BCUT2D eigenvalue weighted by atomic mass is 19.1. The highest BCUT2D eigenvalue weighted by Crippen LogP contribution is 2.38. The van der Waals surface area contributed by atoms with Crippen molar-refractivity contribution in [3.8, 4) is 0 Å². The molecule has 0 saturated carbocycles. The van der Waals surface area contributed by atoms with Crippen molar-refractivity contribution in [3.63, 3.8) is 0 Å². The van der Waals surface area contributed by atoms with Crippen molar-refractivity contribution in [2.24, 2.45) is 5.41 Å². The summed E-state index contributed by atoms with van der Waals surface area (Å²) >= 11 is 0. The van der Waals surface area contributed by atoms with Crippen LogP contribution in [-0.4, -0.2) is 35.2 Å². The molecule has 186 valence electrons. The lowest BCUT2D eigenvalue weighted by atomic mass is 9.82. The van der Waals surface area contributed by atoms with Crippen molar-refractivity contribution in [2.75, 3.05) is 11.9 Å². The van der Waals surface area contributed by atoms with Crippen LogP contribution in [0.4, 0.5) is 10.1 Å². The van der Waals surface area contributed by atoms with E-state index in [1.165, 1.54) is 30.2 Å². The van der Waals surface area contributed by atoms with Crippen LogP contribution in [0, 0.1) is 11.2 Å². The molecule has 0 aromatic heterocycles. The van der Waals surface area contributed by atoms with Crippen LogP contribution in [0.15, 0.2) is 42.5 Å². The lowest BCUT2D eigenvalue weighted by Crippen LogP contribution is -2.50. The second kappa shape index (κ2) is 10.4. The molecule has 0 bridgehead atoms. The first kappa shape index (κ1) is 26.2. The Labute approximate surface area is 203 Å². The van der Waals surface area contributed by atoms with Gasteiger partial charge in [0.1, 0.15) is 5.82 Å². The molecular formula is C28H40FN3O2. The van der Waals surface area contributed by atoms with Gasteiger partial charge >= 0.3 is 0 Å². The van der Waals surface area contributed by atoms with E-state index in [1.54, 1.807) is 12.1 Å². The van der Waals surface area contributed by atoms with Crippen LogP contribution >= 0.6 is 0 Å². The number of aliphatic hydroxyl groups is 1. The van der Waals surface area contributed by atoms with Gasteiger partial charge in [-0.2, -0.15) is 0 Å². The van der Waals surface area contributed by atoms with Crippen molar-refractivity contribution in [1.82, 2.24) is 10.6 Å². The Balaban J connectivity index is 1.76. The third-order valence-electron chi connectivity index (χ3n) is 6.18. The summed E-state index contributed by atoms with van der Waals surface area (Å²) in [6.45, 7) is 12.8. The largest absolute Gasteiger partial charge is 0.390 e. The van der Waals surface area contributed by atoms with Crippen LogP contribution in [0.2, 0.25) is 0 Å². The molecule has 0 fully saturated rings. The molecule has 4 N–H and O–H groups in total. The fourth-order valence-electron chi connectivity index (χ4n) is 4.82. The minimum absolute atomic E-state index is 0.0629. The fraction of sp³-hybridized carbons (Fsp3) is 0.536. The van der Waals surface area contributed by atoms with Crippen LogP contribution in [0.25, 0.3) is 0 Å². The van der Waals surface area contributed by atoms with Crippen molar-refractivity contribution in [2.45, 2.75) is 84.5 Å². The number of amides is 1. The third kappa shape index (κ3) is 7.54. The molecule has 5 nitrogen and oxygen atoms in total. The molecule has 3 rings (SSSR count). The molecule has 3 atom stereocenters. The van der Waals surface area contributed by atoms with Gasteiger partial charge in [0.15, 0.2) is 0 Å². The van der Waals surface area contributed by atoms with Gasteiger partial charge in [0.25, 0.3) is 0 Å². The van der Waals surface area contributed by atoms with Crippen LogP contribution in [-0.2, 0) is 17.6 Å². The van der Waals surface area contributed by atoms with Crippen molar-refractivity contribution < 1.29 is 14.3 Å². The number of fused-ring (bicyclic) bond motifs is 1. The van der Waals surface area contributed by atoms with Crippen molar-refractivity contribution in [1.29, 1.82) is 0 Å². The van der Waals surface area contributed by atoms with E-state index in [4.69, 9.17) is 0 Å². The predicted molar refractivity (Wildman–Crippen MR) is 136 cm³/mol. The number of rotatable bonds is 8. The number of carbonyl (C=O) groups is 1. The summed E-state index contributed by atoms with van der Waals surface area (Å²) in [5.74, 6) is -0.549. The number of anilines is 1. The van der Waals surface area contributed by atoms with Gasteiger partial charge in [-0.1, -0.05) is 45.0 Å². The molecule has 1 aliphatic rings. The van der Waals surface area contributed by atoms with E-state index >= 15 is 0 Å². The summed E-state index contributed by atoms with van der Waals surface area (Å²) in [5, 5.41) is 21.1. The minimum Gasteiger partial charge on any atom is -0.390 e. The Morgan fingerprint density at radius 2 is 1.94 bits per heavy atom. The van der Waals surface area contributed by atoms with Crippen LogP contribution < -0.4 is 16.0 Å². The molecule has 0 aliphatic carbocycles. The van der Waals surface area contributed by atoms with E-state index in [-0.39, 0.29) is 28.7 Å². The normalized spacial score (nSPS) is 19.0. The van der Waals surface area contributed by atoms with E-state index in [0.29, 0.717) is 13.0 Å². The molecule has 0 spiro atoms. The number of hydrogen-bond acceptors (Lipinski definition) is 4. The molecule has 34 heavy (non-hydrogen) atoms. The summed E-state index contributed by atoms with van der Waals surface area (Å²) in [6, 6.07) is 12.4. The molecule has 1 unspecified atom stereocenters. The summed E-state index contributed by atoms with van der Waals surface area (Å²) < 4.78 is 13.7.